The fourth-order valence-electron chi connectivity index (χ4n) is 4.67. The molecule has 1 aliphatic carbocycles. The van der Waals surface area contributed by atoms with Crippen molar-refractivity contribution in [2.45, 2.75) is 50.3 Å². The van der Waals surface area contributed by atoms with Gasteiger partial charge in [-0.15, -0.1) is 0 Å². The Kier molecular flexibility index (Phi) is 5.39. The van der Waals surface area contributed by atoms with E-state index in [0.29, 0.717) is 24.4 Å². The average molecular weight is 412 g/mol. The molecule has 1 N–H and O–H groups in total. The number of hydrogen-bond donors (Lipinski definition) is 1. The van der Waals surface area contributed by atoms with Crippen LogP contribution in [0.2, 0.25) is 0 Å². The zero-order valence-electron chi connectivity index (χ0n) is 17.1. The number of fused-ring (bicyclic) bond motifs is 1. The second-order valence-electron chi connectivity index (χ2n) is 8.49. The Balaban J connectivity index is 1.14. The van der Waals surface area contributed by atoms with Crippen molar-refractivity contribution >= 4 is 17.5 Å². The minimum Gasteiger partial charge on any atom is -0.365 e. The lowest BCUT2D eigenvalue weighted by Crippen LogP contribution is -2.57. The third-order valence-electron chi connectivity index (χ3n) is 6.65. The third-order valence-corrected chi connectivity index (χ3v) is 6.65. The van der Waals surface area contributed by atoms with Crippen LogP contribution < -0.4 is 5.32 Å². The van der Waals surface area contributed by atoms with Crippen LogP contribution in [-0.4, -0.2) is 87.2 Å². The van der Waals surface area contributed by atoms with Crippen molar-refractivity contribution in [2.24, 2.45) is 0 Å². The maximum absolute atomic E-state index is 12.5. The number of amides is 2. The van der Waals surface area contributed by atoms with Gasteiger partial charge >= 0.3 is 0 Å². The van der Waals surface area contributed by atoms with Crippen LogP contribution in [-0.2, 0) is 9.53 Å². The van der Waals surface area contributed by atoms with Crippen molar-refractivity contribution in [3.63, 3.8) is 0 Å². The number of aromatic nitrogens is 3. The Hall–Kier alpha value is -2.52. The van der Waals surface area contributed by atoms with Crippen LogP contribution in [0.25, 0.3) is 5.65 Å². The van der Waals surface area contributed by atoms with Gasteiger partial charge in [-0.05, 0) is 31.7 Å². The van der Waals surface area contributed by atoms with Gasteiger partial charge in [-0.2, -0.15) is 5.10 Å². The minimum atomic E-state index is -0.263. The molecule has 4 heterocycles. The van der Waals surface area contributed by atoms with Crippen molar-refractivity contribution in [3.05, 3.63) is 30.2 Å². The van der Waals surface area contributed by atoms with Crippen LogP contribution in [0.15, 0.2) is 24.5 Å². The second-order valence-corrected chi connectivity index (χ2v) is 8.49. The molecule has 2 amide bonds. The summed E-state index contributed by atoms with van der Waals surface area (Å²) >= 11 is 0. The van der Waals surface area contributed by atoms with Gasteiger partial charge in [-0.1, -0.05) is 6.42 Å². The predicted octanol–water partition coefficient (Wildman–Crippen LogP) is 0.703. The minimum absolute atomic E-state index is 0.0612. The van der Waals surface area contributed by atoms with Crippen LogP contribution in [0.5, 0.6) is 0 Å². The van der Waals surface area contributed by atoms with Crippen LogP contribution >= 0.6 is 0 Å². The number of ether oxygens (including phenoxy) is 1. The van der Waals surface area contributed by atoms with E-state index in [2.05, 4.69) is 20.3 Å². The highest BCUT2D eigenvalue weighted by Gasteiger charge is 2.35. The summed E-state index contributed by atoms with van der Waals surface area (Å²) in [6.45, 7) is 3.11. The van der Waals surface area contributed by atoms with Crippen molar-refractivity contribution in [2.75, 3.05) is 32.8 Å². The van der Waals surface area contributed by atoms with Gasteiger partial charge in [-0.3, -0.25) is 9.59 Å². The van der Waals surface area contributed by atoms with Gasteiger partial charge < -0.3 is 19.9 Å². The zero-order valence-corrected chi connectivity index (χ0v) is 17.1. The molecule has 0 radical (unpaired) electrons. The summed E-state index contributed by atoms with van der Waals surface area (Å²) in [4.78, 5) is 33.7. The Labute approximate surface area is 175 Å². The normalized spacial score (nSPS) is 24.2. The topological polar surface area (TPSA) is 92.1 Å². The molecule has 2 saturated heterocycles. The number of nitrogens with one attached hydrogen (secondary N) is 1. The first-order valence-electron chi connectivity index (χ1n) is 10.9. The highest BCUT2D eigenvalue weighted by molar-refractivity contribution is 5.93. The van der Waals surface area contributed by atoms with E-state index in [1.165, 1.54) is 19.3 Å². The number of morpholine rings is 1. The molecule has 9 nitrogen and oxygen atoms in total. The molecule has 0 bridgehead atoms. The van der Waals surface area contributed by atoms with Gasteiger partial charge in [0.25, 0.3) is 5.91 Å². The predicted molar refractivity (Wildman–Crippen MR) is 109 cm³/mol. The number of piperidine rings is 1. The number of rotatable bonds is 5. The van der Waals surface area contributed by atoms with E-state index < -0.39 is 0 Å². The van der Waals surface area contributed by atoms with E-state index in [9.17, 15) is 9.59 Å². The number of nitrogens with zero attached hydrogens (tertiary/aromatic N) is 5. The zero-order chi connectivity index (χ0) is 20.5. The molecule has 5 rings (SSSR count). The molecule has 0 spiro atoms. The van der Waals surface area contributed by atoms with Crippen LogP contribution in [0, 0.1) is 0 Å². The summed E-state index contributed by atoms with van der Waals surface area (Å²) in [6.07, 6.45) is 9.26. The Morgan fingerprint density at radius 3 is 2.77 bits per heavy atom. The summed E-state index contributed by atoms with van der Waals surface area (Å²) in [5.74, 6) is -0.201. The summed E-state index contributed by atoms with van der Waals surface area (Å²) in [7, 11) is 0. The molecule has 2 aliphatic heterocycles. The molecule has 1 saturated carbocycles. The molecule has 2 aromatic heterocycles. The van der Waals surface area contributed by atoms with Crippen molar-refractivity contribution in [1.82, 2.24) is 29.7 Å². The Bertz CT molecular complexity index is 885. The number of likely N-dealkylation sites (tertiary alicyclic amines) is 1. The summed E-state index contributed by atoms with van der Waals surface area (Å²) in [6, 6.07) is 4.47. The van der Waals surface area contributed by atoms with E-state index in [0.717, 1.165) is 32.0 Å². The maximum Gasteiger partial charge on any atom is 0.271 e. The molecule has 3 aliphatic rings. The quantitative estimate of drug-likeness (QED) is 0.778. The van der Waals surface area contributed by atoms with Gasteiger partial charge in [-0.25, -0.2) is 9.50 Å². The van der Waals surface area contributed by atoms with Crippen LogP contribution in [0.3, 0.4) is 0 Å². The lowest BCUT2D eigenvalue weighted by molar-refractivity contribution is -0.153. The summed E-state index contributed by atoms with van der Waals surface area (Å²) in [5, 5.41) is 7.13. The first-order chi connectivity index (χ1) is 14.7. The van der Waals surface area contributed by atoms with Gasteiger partial charge in [0.1, 0.15) is 6.61 Å². The number of carbonyl (C=O) groups excluding carboxylic acids is 2. The average Bonchev–Trinajstić information content (AvgIpc) is 3.17. The van der Waals surface area contributed by atoms with Gasteiger partial charge in [0, 0.05) is 56.7 Å². The van der Waals surface area contributed by atoms with Gasteiger partial charge in [0.2, 0.25) is 5.91 Å². The van der Waals surface area contributed by atoms with E-state index >= 15 is 0 Å². The molecule has 0 aromatic carbocycles. The highest BCUT2D eigenvalue weighted by atomic mass is 16.5. The molecule has 3 fully saturated rings. The molecule has 30 heavy (non-hydrogen) atoms. The number of hydrogen-bond acceptors (Lipinski definition) is 6. The SMILES string of the molecule is O=C(NC[C@@H]1CN(C2CCN(C3CCC3)CC2)C(=O)CO1)c1cc2ncccn2n1. The van der Waals surface area contributed by atoms with Gasteiger partial charge in [0.15, 0.2) is 11.3 Å². The molecule has 1 atom stereocenters. The molecular weight excluding hydrogens is 384 g/mol. The fourth-order valence-corrected chi connectivity index (χ4v) is 4.67. The first-order valence-corrected chi connectivity index (χ1v) is 10.9. The fraction of sp³-hybridized carbons (Fsp3) is 0.619. The van der Waals surface area contributed by atoms with Crippen molar-refractivity contribution in [3.8, 4) is 0 Å². The Morgan fingerprint density at radius 1 is 1.20 bits per heavy atom. The highest BCUT2D eigenvalue weighted by Crippen LogP contribution is 2.29. The molecule has 160 valence electrons. The standard InChI is InChI=1S/C21H28N6O3/c28-20-14-30-17(12-23-21(29)18-11-19-22-7-2-8-27(19)24-18)13-26(20)16-5-9-25(10-6-16)15-3-1-4-15/h2,7-8,11,15-17H,1,3-6,9-10,12-14H2,(H,23,29)/t17-/m1/s1. The lowest BCUT2D eigenvalue weighted by Gasteiger charge is -2.45. The number of carbonyl (C=O) groups is 2. The summed E-state index contributed by atoms with van der Waals surface area (Å²) in [5.41, 5.74) is 0.947. The van der Waals surface area contributed by atoms with E-state index in [4.69, 9.17) is 4.74 Å². The van der Waals surface area contributed by atoms with E-state index in [-0.39, 0.29) is 30.6 Å². The van der Waals surface area contributed by atoms with Crippen LogP contribution in [0.4, 0.5) is 0 Å². The molecule has 2 aromatic rings. The first kappa shape index (κ1) is 19.4. The maximum atomic E-state index is 12.5. The van der Waals surface area contributed by atoms with E-state index in [1.54, 1.807) is 29.0 Å². The second kappa shape index (κ2) is 8.31. The summed E-state index contributed by atoms with van der Waals surface area (Å²) < 4.78 is 7.26. The van der Waals surface area contributed by atoms with Crippen LogP contribution in [0.1, 0.15) is 42.6 Å². The van der Waals surface area contributed by atoms with Crippen molar-refractivity contribution in [1.29, 1.82) is 0 Å². The Morgan fingerprint density at radius 2 is 2.03 bits per heavy atom. The third kappa shape index (κ3) is 3.91. The monoisotopic (exact) mass is 412 g/mol. The molecule has 0 unspecified atom stereocenters. The lowest BCUT2D eigenvalue weighted by atomic mass is 9.89. The molecular formula is C21H28N6O3. The van der Waals surface area contributed by atoms with Gasteiger partial charge in [0.05, 0.1) is 6.10 Å². The molecule has 9 heteroatoms. The smallest absolute Gasteiger partial charge is 0.271 e. The van der Waals surface area contributed by atoms with E-state index in [1.807, 2.05) is 4.90 Å². The largest absolute Gasteiger partial charge is 0.365 e. The van der Waals surface area contributed by atoms with Crippen molar-refractivity contribution < 1.29 is 14.3 Å².